The van der Waals surface area contributed by atoms with Crippen LogP contribution in [0.25, 0.3) is 22.5 Å². The number of halogens is 1. The molecule has 1 aliphatic carbocycles. The summed E-state index contributed by atoms with van der Waals surface area (Å²) >= 11 is 6.55. The van der Waals surface area contributed by atoms with Crippen molar-refractivity contribution in [2.75, 3.05) is 12.4 Å². The molecule has 1 atom stereocenters. The highest BCUT2D eigenvalue weighted by Gasteiger charge is 2.31. The quantitative estimate of drug-likeness (QED) is 0.403. The largest absolute Gasteiger partial charge is 0.495 e. The molecule has 4 aromatic rings. The van der Waals surface area contributed by atoms with Crippen LogP contribution in [0.1, 0.15) is 34.5 Å². The number of hydrogen-bond acceptors (Lipinski definition) is 6. The van der Waals surface area contributed by atoms with Gasteiger partial charge in [-0.15, -0.1) is 0 Å². The molecule has 172 valence electrons. The summed E-state index contributed by atoms with van der Waals surface area (Å²) in [4.78, 5) is 20.7. The van der Waals surface area contributed by atoms with Crippen molar-refractivity contribution >= 4 is 29.2 Å². The molecule has 34 heavy (non-hydrogen) atoms. The Balaban J connectivity index is 1.62. The van der Waals surface area contributed by atoms with E-state index >= 15 is 0 Å². The Kier molecular flexibility index (Phi) is 5.45. The van der Waals surface area contributed by atoms with Crippen molar-refractivity contribution in [3.63, 3.8) is 0 Å². The van der Waals surface area contributed by atoms with Crippen LogP contribution in [-0.2, 0) is 13.5 Å². The number of fused-ring (bicyclic) bond motifs is 3. The highest BCUT2D eigenvalue weighted by Crippen LogP contribution is 2.45. The van der Waals surface area contributed by atoms with Crippen molar-refractivity contribution in [2.24, 2.45) is 7.05 Å². The van der Waals surface area contributed by atoms with E-state index in [1.165, 1.54) is 19.2 Å². The van der Waals surface area contributed by atoms with Gasteiger partial charge in [-0.05, 0) is 36.6 Å². The van der Waals surface area contributed by atoms with Crippen LogP contribution in [0.2, 0.25) is 5.02 Å². The molecule has 2 aromatic heterocycles. The second-order valence-electron chi connectivity index (χ2n) is 8.22. The number of methoxy groups -OCH3 is 1. The normalized spacial score (nSPS) is 14.3. The van der Waals surface area contributed by atoms with Gasteiger partial charge in [-0.2, -0.15) is 5.10 Å². The second-order valence-corrected chi connectivity index (χ2v) is 8.63. The Morgan fingerprint density at radius 1 is 1.26 bits per heavy atom. The first-order valence-electron chi connectivity index (χ1n) is 10.7. The van der Waals surface area contributed by atoms with Crippen LogP contribution in [0.5, 0.6) is 5.75 Å². The van der Waals surface area contributed by atoms with Gasteiger partial charge in [-0.3, -0.25) is 4.68 Å². The number of rotatable bonds is 5. The fraction of sp³-hybridized carbons (Fsp3) is 0.200. The van der Waals surface area contributed by atoms with Crippen molar-refractivity contribution in [3.8, 4) is 28.3 Å². The zero-order chi connectivity index (χ0) is 24.0. The Labute approximate surface area is 201 Å². The zero-order valence-corrected chi connectivity index (χ0v) is 19.6. The van der Waals surface area contributed by atoms with Crippen molar-refractivity contribution < 1.29 is 14.6 Å². The molecular formula is C25H22ClN5O3. The number of carboxylic acid groups (broad SMARTS) is 1. The highest BCUT2D eigenvalue weighted by atomic mass is 35.5. The third kappa shape index (κ3) is 3.66. The van der Waals surface area contributed by atoms with Gasteiger partial charge in [0.1, 0.15) is 5.75 Å². The molecular weight excluding hydrogens is 454 g/mol. The first kappa shape index (κ1) is 21.9. The van der Waals surface area contributed by atoms with Gasteiger partial charge in [-0.1, -0.05) is 36.7 Å². The van der Waals surface area contributed by atoms with Crippen molar-refractivity contribution in [1.82, 2.24) is 19.7 Å². The lowest BCUT2D eigenvalue weighted by Crippen LogP contribution is -2.12. The van der Waals surface area contributed by atoms with E-state index in [1.807, 2.05) is 42.2 Å². The monoisotopic (exact) mass is 475 g/mol. The number of ether oxygens (including phenoxy) is 1. The van der Waals surface area contributed by atoms with Crippen LogP contribution in [0, 0.1) is 0 Å². The third-order valence-electron chi connectivity index (χ3n) is 6.03. The van der Waals surface area contributed by atoms with Crippen molar-refractivity contribution in [3.05, 3.63) is 70.5 Å². The molecule has 0 saturated carbocycles. The SMILES string of the molecule is COc1cc(C(=O)O)ccc1Nc1ncc2c(n1)-c1c(nn(C)c1-c1ccccc1Cl)CC2C. The summed E-state index contributed by atoms with van der Waals surface area (Å²) < 4.78 is 7.24. The van der Waals surface area contributed by atoms with Crippen LogP contribution in [0.4, 0.5) is 11.6 Å². The van der Waals surface area contributed by atoms with Gasteiger partial charge < -0.3 is 15.2 Å². The maximum Gasteiger partial charge on any atom is 0.335 e. The van der Waals surface area contributed by atoms with E-state index in [4.69, 9.17) is 26.4 Å². The fourth-order valence-corrected chi connectivity index (χ4v) is 4.62. The van der Waals surface area contributed by atoms with Crippen molar-refractivity contribution in [2.45, 2.75) is 19.3 Å². The number of hydrogen-bond donors (Lipinski definition) is 2. The average molecular weight is 476 g/mol. The van der Waals surface area contributed by atoms with E-state index in [9.17, 15) is 9.90 Å². The highest BCUT2D eigenvalue weighted by molar-refractivity contribution is 6.33. The summed E-state index contributed by atoms with van der Waals surface area (Å²) in [5, 5.41) is 17.9. The predicted octanol–water partition coefficient (Wildman–Crippen LogP) is 5.31. The number of aromatic nitrogens is 4. The number of anilines is 2. The van der Waals surface area contributed by atoms with E-state index in [2.05, 4.69) is 17.2 Å². The average Bonchev–Trinajstić information content (AvgIpc) is 3.15. The molecule has 1 unspecified atom stereocenters. The first-order valence-corrected chi connectivity index (χ1v) is 11.1. The number of aryl methyl sites for hydroxylation is 1. The summed E-state index contributed by atoms with van der Waals surface area (Å²) in [6.07, 6.45) is 2.61. The topological polar surface area (TPSA) is 102 Å². The molecule has 8 nitrogen and oxygen atoms in total. The molecule has 2 heterocycles. The molecule has 0 amide bonds. The number of nitrogens with zero attached hydrogens (tertiary/aromatic N) is 4. The van der Waals surface area contributed by atoms with Crippen molar-refractivity contribution in [1.29, 1.82) is 0 Å². The van der Waals surface area contributed by atoms with Gasteiger partial charge >= 0.3 is 5.97 Å². The molecule has 2 aromatic carbocycles. The second kappa shape index (κ2) is 8.46. The minimum atomic E-state index is -1.03. The van der Waals surface area contributed by atoms with Crippen LogP contribution in [0.15, 0.2) is 48.7 Å². The smallest absolute Gasteiger partial charge is 0.335 e. The first-order chi connectivity index (χ1) is 16.4. The number of aromatic carboxylic acids is 1. The fourth-order valence-electron chi connectivity index (χ4n) is 4.39. The van der Waals surface area contributed by atoms with E-state index in [1.54, 1.807) is 6.07 Å². The van der Waals surface area contributed by atoms with Gasteiger partial charge in [0.05, 0.1) is 35.4 Å². The van der Waals surface area contributed by atoms with Gasteiger partial charge in [-0.25, -0.2) is 14.8 Å². The van der Waals surface area contributed by atoms with Crippen LogP contribution in [-0.4, -0.2) is 37.9 Å². The molecule has 0 radical (unpaired) electrons. The standard InChI is InChI=1S/C25H22ClN5O3/c1-13-10-19-21(23(31(2)30-19)15-6-4-5-7-17(15)26)22-16(13)12-27-25(29-22)28-18-9-8-14(24(32)33)11-20(18)34-3/h4-9,11-13H,10H2,1-3H3,(H,32,33)(H,27,28,29). The predicted molar refractivity (Wildman–Crippen MR) is 130 cm³/mol. The molecule has 0 aliphatic heterocycles. The molecule has 0 saturated heterocycles. The van der Waals surface area contributed by atoms with E-state index in [-0.39, 0.29) is 11.5 Å². The van der Waals surface area contributed by atoms with E-state index in [0.29, 0.717) is 22.4 Å². The Morgan fingerprint density at radius 2 is 2.06 bits per heavy atom. The minimum Gasteiger partial charge on any atom is -0.495 e. The van der Waals surface area contributed by atoms with Gasteiger partial charge in [0, 0.05) is 35.0 Å². The summed E-state index contributed by atoms with van der Waals surface area (Å²) in [7, 11) is 3.40. The van der Waals surface area contributed by atoms with Gasteiger partial charge in [0.15, 0.2) is 0 Å². The van der Waals surface area contributed by atoms with Crippen LogP contribution in [0.3, 0.4) is 0 Å². The van der Waals surface area contributed by atoms with Crippen LogP contribution >= 0.6 is 11.6 Å². The van der Waals surface area contributed by atoms with Crippen LogP contribution < -0.4 is 10.1 Å². The Bertz CT molecular complexity index is 1430. The number of nitrogens with one attached hydrogen (secondary N) is 1. The van der Waals surface area contributed by atoms with E-state index < -0.39 is 5.97 Å². The summed E-state index contributed by atoms with van der Waals surface area (Å²) in [5.74, 6) is -0.0717. The lowest BCUT2D eigenvalue weighted by Gasteiger charge is -2.22. The molecule has 0 fully saturated rings. The third-order valence-corrected chi connectivity index (χ3v) is 6.36. The van der Waals surface area contributed by atoms with E-state index in [0.717, 1.165) is 40.2 Å². The van der Waals surface area contributed by atoms with Gasteiger partial charge in [0.2, 0.25) is 5.95 Å². The molecule has 0 spiro atoms. The molecule has 5 rings (SSSR count). The lowest BCUT2D eigenvalue weighted by molar-refractivity contribution is 0.0696. The molecule has 9 heteroatoms. The zero-order valence-electron chi connectivity index (χ0n) is 18.8. The maximum atomic E-state index is 11.3. The Hall–Kier alpha value is -3.91. The number of benzene rings is 2. The molecule has 0 bridgehead atoms. The maximum absolute atomic E-state index is 11.3. The summed E-state index contributed by atoms with van der Waals surface area (Å²) in [6, 6.07) is 12.3. The lowest BCUT2D eigenvalue weighted by atomic mass is 9.85. The number of carboxylic acids is 1. The number of carbonyl (C=O) groups is 1. The summed E-state index contributed by atoms with van der Waals surface area (Å²) in [6.45, 7) is 2.13. The molecule has 2 N–H and O–H groups in total. The van der Waals surface area contributed by atoms with Gasteiger partial charge in [0.25, 0.3) is 0 Å². The molecule has 1 aliphatic rings. The Morgan fingerprint density at radius 3 is 2.79 bits per heavy atom. The summed E-state index contributed by atoms with van der Waals surface area (Å²) in [5.41, 5.74) is 6.23. The minimum absolute atomic E-state index is 0.131.